The summed E-state index contributed by atoms with van der Waals surface area (Å²) in [6.07, 6.45) is 0.926. The van der Waals surface area contributed by atoms with Gasteiger partial charge in [0.05, 0.1) is 11.6 Å². The molecule has 1 aromatic carbocycles. The van der Waals surface area contributed by atoms with Gasteiger partial charge in [-0.1, -0.05) is 17.7 Å². The molecule has 2 N–H and O–H groups in total. The molecular formula is C12H10ClFN2O2. The first-order valence-electron chi connectivity index (χ1n) is 5.23. The molecule has 2 rings (SSSR count). The topological polar surface area (TPSA) is 65.2 Å². The highest BCUT2D eigenvalue weighted by Crippen LogP contribution is 2.27. The van der Waals surface area contributed by atoms with Gasteiger partial charge in [-0.25, -0.2) is 9.18 Å². The highest BCUT2D eigenvalue weighted by atomic mass is 35.5. The largest absolute Gasteiger partial charge is 0.449 e. The third-order valence-electron chi connectivity index (χ3n) is 2.47. The molecule has 0 atom stereocenters. The van der Waals surface area contributed by atoms with Gasteiger partial charge in [0.15, 0.2) is 5.82 Å². The van der Waals surface area contributed by atoms with Crippen LogP contribution in [0.2, 0.25) is 5.02 Å². The maximum Gasteiger partial charge on any atom is 0.404 e. The lowest BCUT2D eigenvalue weighted by Gasteiger charge is -2.08. The Morgan fingerprint density at radius 1 is 1.56 bits per heavy atom. The van der Waals surface area contributed by atoms with Crippen LogP contribution in [-0.4, -0.2) is 17.7 Å². The lowest BCUT2D eigenvalue weighted by Crippen LogP contribution is -2.15. The van der Waals surface area contributed by atoms with Gasteiger partial charge in [0.1, 0.15) is 5.52 Å². The van der Waals surface area contributed by atoms with Crippen LogP contribution in [0.4, 0.5) is 9.18 Å². The van der Waals surface area contributed by atoms with Crippen LogP contribution in [0.25, 0.3) is 10.9 Å². The number of nitrogens with two attached hydrogens (primary N) is 1. The lowest BCUT2D eigenvalue weighted by molar-refractivity contribution is 0.158. The van der Waals surface area contributed by atoms with Crippen molar-refractivity contribution in [3.8, 4) is 0 Å². The predicted octanol–water partition coefficient (Wildman–Crippen LogP) is 2.67. The number of benzene rings is 1. The minimum absolute atomic E-state index is 0.00531. The Hall–Kier alpha value is -1.88. The van der Waals surface area contributed by atoms with Crippen LogP contribution in [0.5, 0.6) is 0 Å². The third kappa shape index (κ3) is 2.51. The second-order valence-electron chi connectivity index (χ2n) is 3.66. The second kappa shape index (κ2) is 5.18. The Morgan fingerprint density at radius 3 is 3.06 bits per heavy atom. The van der Waals surface area contributed by atoms with E-state index in [-0.39, 0.29) is 17.1 Å². The number of carbonyl (C=O) groups excluding carboxylic acids is 1. The molecule has 1 aromatic heterocycles. The summed E-state index contributed by atoms with van der Waals surface area (Å²) in [4.78, 5) is 14.4. The summed E-state index contributed by atoms with van der Waals surface area (Å²) in [6, 6.07) is 5.16. The van der Waals surface area contributed by atoms with Crippen LogP contribution >= 0.6 is 11.6 Å². The van der Waals surface area contributed by atoms with E-state index in [1.165, 1.54) is 6.20 Å². The van der Waals surface area contributed by atoms with Gasteiger partial charge in [-0.15, -0.1) is 0 Å². The van der Waals surface area contributed by atoms with Gasteiger partial charge in [0.25, 0.3) is 0 Å². The molecule has 2 aromatic rings. The van der Waals surface area contributed by atoms with Gasteiger partial charge in [0.2, 0.25) is 0 Å². The number of hydrogen-bond acceptors (Lipinski definition) is 3. The van der Waals surface area contributed by atoms with Crippen LogP contribution in [0.3, 0.4) is 0 Å². The molecule has 0 spiro atoms. The van der Waals surface area contributed by atoms with Gasteiger partial charge in [-0.05, 0) is 17.7 Å². The molecular weight excluding hydrogens is 259 g/mol. The van der Waals surface area contributed by atoms with Gasteiger partial charge < -0.3 is 10.5 Å². The van der Waals surface area contributed by atoms with Gasteiger partial charge in [0, 0.05) is 18.0 Å². The monoisotopic (exact) mass is 268 g/mol. The number of halogens is 2. The molecule has 1 heterocycles. The van der Waals surface area contributed by atoms with Crippen molar-refractivity contribution in [2.24, 2.45) is 5.73 Å². The van der Waals surface area contributed by atoms with E-state index in [0.29, 0.717) is 17.4 Å². The number of ether oxygens (including phenoxy) is 1. The van der Waals surface area contributed by atoms with Crippen molar-refractivity contribution in [1.29, 1.82) is 0 Å². The minimum atomic E-state index is -0.867. The average molecular weight is 269 g/mol. The van der Waals surface area contributed by atoms with E-state index in [9.17, 15) is 9.18 Å². The van der Waals surface area contributed by atoms with E-state index < -0.39 is 11.9 Å². The fourth-order valence-electron chi connectivity index (χ4n) is 1.66. The molecule has 0 fully saturated rings. The summed E-state index contributed by atoms with van der Waals surface area (Å²) in [7, 11) is 0. The first kappa shape index (κ1) is 12.6. The standard InChI is InChI=1S/C12H10ClFN2O2/c13-9-7(3-5-18-12(15)17)6-8-2-1-4-16-11(8)10(9)14/h1-2,4,6H,3,5H2,(H2,15,17). The molecule has 0 saturated carbocycles. The number of carbonyl (C=O) groups is 1. The number of fused-ring (bicyclic) bond motifs is 1. The lowest BCUT2D eigenvalue weighted by atomic mass is 10.1. The van der Waals surface area contributed by atoms with Crippen LogP contribution in [0.15, 0.2) is 24.4 Å². The third-order valence-corrected chi connectivity index (χ3v) is 2.88. The van der Waals surface area contributed by atoms with Crippen molar-refractivity contribution in [2.75, 3.05) is 6.61 Å². The number of primary amides is 1. The van der Waals surface area contributed by atoms with Crippen molar-refractivity contribution in [3.63, 3.8) is 0 Å². The molecule has 94 valence electrons. The Morgan fingerprint density at radius 2 is 2.33 bits per heavy atom. The SMILES string of the molecule is NC(=O)OCCc1cc2cccnc2c(F)c1Cl. The minimum Gasteiger partial charge on any atom is -0.449 e. The number of aromatic nitrogens is 1. The molecule has 0 aliphatic rings. The zero-order chi connectivity index (χ0) is 13.1. The molecule has 0 aliphatic carbocycles. The molecule has 4 nitrogen and oxygen atoms in total. The maximum atomic E-state index is 13.9. The van der Waals surface area contributed by atoms with Crippen LogP contribution in [0.1, 0.15) is 5.56 Å². The van der Waals surface area contributed by atoms with E-state index in [1.807, 2.05) is 0 Å². The van der Waals surface area contributed by atoms with Crippen molar-refractivity contribution in [1.82, 2.24) is 4.98 Å². The molecule has 0 unspecified atom stereocenters. The van der Waals surface area contributed by atoms with Gasteiger partial charge in [-0.2, -0.15) is 0 Å². The number of rotatable bonds is 3. The van der Waals surface area contributed by atoms with Gasteiger partial charge in [-0.3, -0.25) is 4.98 Å². The van der Waals surface area contributed by atoms with Crippen molar-refractivity contribution >= 4 is 28.6 Å². The summed E-state index contributed by atoms with van der Waals surface area (Å²) < 4.78 is 18.5. The van der Waals surface area contributed by atoms with Crippen molar-refractivity contribution in [3.05, 3.63) is 40.8 Å². The fourth-order valence-corrected chi connectivity index (χ4v) is 1.90. The molecule has 0 aliphatic heterocycles. The number of hydrogen-bond donors (Lipinski definition) is 1. The summed E-state index contributed by atoms with van der Waals surface area (Å²) in [5.41, 5.74) is 5.61. The van der Waals surface area contributed by atoms with E-state index in [1.54, 1.807) is 18.2 Å². The Labute approximate surface area is 108 Å². The zero-order valence-electron chi connectivity index (χ0n) is 9.32. The van der Waals surface area contributed by atoms with E-state index in [2.05, 4.69) is 9.72 Å². The number of nitrogens with zero attached hydrogens (tertiary/aromatic N) is 1. The quantitative estimate of drug-likeness (QED) is 0.931. The average Bonchev–Trinajstić information content (AvgIpc) is 2.35. The zero-order valence-corrected chi connectivity index (χ0v) is 10.1. The first-order chi connectivity index (χ1) is 8.59. The molecule has 0 bridgehead atoms. The highest BCUT2D eigenvalue weighted by molar-refractivity contribution is 6.32. The maximum absolute atomic E-state index is 13.9. The van der Waals surface area contributed by atoms with E-state index >= 15 is 0 Å². The van der Waals surface area contributed by atoms with Crippen molar-refractivity contribution in [2.45, 2.75) is 6.42 Å². The Kier molecular flexibility index (Phi) is 3.62. The molecule has 0 saturated heterocycles. The van der Waals surface area contributed by atoms with Crippen LogP contribution in [-0.2, 0) is 11.2 Å². The van der Waals surface area contributed by atoms with Crippen LogP contribution < -0.4 is 5.73 Å². The summed E-state index contributed by atoms with van der Waals surface area (Å²) in [5.74, 6) is -0.566. The van der Waals surface area contributed by atoms with Gasteiger partial charge >= 0.3 is 6.09 Å². The number of amides is 1. The Bertz CT molecular complexity index is 604. The summed E-state index contributed by atoms with van der Waals surface area (Å²) >= 11 is 5.90. The highest BCUT2D eigenvalue weighted by Gasteiger charge is 2.12. The first-order valence-corrected chi connectivity index (χ1v) is 5.61. The molecule has 1 amide bonds. The van der Waals surface area contributed by atoms with Crippen LogP contribution in [0, 0.1) is 5.82 Å². The summed E-state index contributed by atoms with van der Waals surface area (Å²) in [6.45, 7) is 0.0558. The smallest absolute Gasteiger partial charge is 0.404 e. The van der Waals surface area contributed by atoms with E-state index in [4.69, 9.17) is 17.3 Å². The fraction of sp³-hybridized carbons (Fsp3) is 0.167. The second-order valence-corrected chi connectivity index (χ2v) is 4.03. The molecule has 18 heavy (non-hydrogen) atoms. The molecule has 6 heteroatoms. The predicted molar refractivity (Wildman–Crippen MR) is 66.0 cm³/mol. The normalized spacial score (nSPS) is 10.6. The molecule has 0 radical (unpaired) electrons. The van der Waals surface area contributed by atoms with E-state index in [0.717, 1.165) is 0 Å². The summed E-state index contributed by atoms with van der Waals surface area (Å²) in [5, 5.41) is 0.641. The number of pyridine rings is 1. The Balaban J connectivity index is 2.33. The van der Waals surface area contributed by atoms with Crippen molar-refractivity contribution < 1.29 is 13.9 Å².